The Bertz CT molecular complexity index is 794. The number of carbonyl (C=O) groups excluding carboxylic acids is 2. The molecule has 1 aromatic heterocycles. The van der Waals surface area contributed by atoms with Crippen LogP contribution in [0.15, 0.2) is 32.4 Å². The number of hydrogen-bond acceptors (Lipinski definition) is 8. The summed E-state index contributed by atoms with van der Waals surface area (Å²) >= 11 is 2.88. The molecule has 0 bridgehead atoms. The van der Waals surface area contributed by atoms with Crippen molar-refractivity contribution in [1.82, 2.24) is 9.99 Å². The second kappa shape index (κ2) is 6.75. The maximum atomic E-state index is 13.0. The summed E-state index contributed by atoms with van der Waals surface area (Å²) in [5, 5.41) is 14.1. The monoisotopic (exact) mass is 393 g/mol. The van der Waals surface area contributed by atoms with Crippen LogP contribution in [0.5, 0.6) is 0 Å². The number of ether oxygens (including phenoxy) is 1. The lowest BCUT2D eigenvalue weighted by atomic mass is 9.84. The van der Waals surface area contributed by atoms with Crippen LogP contribution in [0.2, 0.25) is 0 Å². The molecule has 0 aromatic carbocycles. The van der Waals surface area contributed by atoms with Gasteiger partial charge in [-0.25, -0.2) is 9.99 Å². The number of anilines is 1. The maximum absolute atomic E-state index is 13.0. The van der Waals surface area contributed by atoms with Crippen LogP contribution in [0.3, 0.4) is 0 Å². The normalized spacial score (nSPS) is 30.4. The Morgan fingerprint density at radius 3 is 3.12 bits per heavy atom. The molecule has 0 spiro atoms. The molecule has 2 amide bonds. The Morgan fingerprint density at radius 2 is 2.38 bits per heavy atom. The molecular weight excluding hydrogens is 374 g/mol. The molecule has 26 heavy (non-hydrogen) atoms. The Morgan fingerprint density at radius 1 is 1.54 bits per heavy atom. The highest BCUT2D eigenvalue weighted by molar-refractivity contribution is 8.04. The van der Waals surface area contributed by atoms with Gasteiger partial charge in [-0.3, -0.25) is 9.59 Å². The number of rotatable bonds is 4. The molecule has 0 saturated carbocycles. The molecule has 3 aliphatic heterocycles. The van der Waals surface area contributed by atoms with Crippen LogP contribution in [-0.4, -0.2) is 45.9 Å². The summed E-state index contributed by atoms with van der Waals surface area (Å²) in [6, 6.07) is 0. The van der Waals surface area contributed by atoms with E-state index in [0.29, 0.717) is 18.2 Å². The van der Waals surface area contributed by atoms with E-state index in [4.69, 9.17) is 4.74 Å². The number of nitrogens with zero attached hydrogens (tertiary/aromatic N) is 4. The molecule has 3 atom stereocenters. The van der Waals surface area contributed by atoms with Crippen molar-refractivity contribution in [2.45, 2.75) is 37.7 Å². The zero-order valence-corrected chi connectivity index (χ0v) is 16.1. The Hall–Kier alpha value is -1.78. The largest absolute Gasteiger partial charge is 0.370 e. The van der Waals surface area contributed by atoms with Crippen molar-refractivity contribution >= 4 is 40.0 Å². The molecule has 0 fully saturated rings. The highest BCUT2D eigenvalue weighted by Crippen LogP contribution is 2.51. The summed E-state index contributed by atoms with van der Waals surface area (Å²) in [5.74, 6) is -0.858. The van der Waals surface area contributed by atoms with Gasteiger partial charge in [0.15, 0.2) is 5.13 Å². The van der Waals surface area contributed by atoms with Crippen molar-refractivity contribution in [2.75, 3.05) is 18.5 Å². The summed E-state index contributed by atoms with van der Waals surface area (Å²) in [5.41, 5.74) is 0.848. The SMILES string of the molecule is CC[C@]1(C)CC2=C(CO1)S[C@H]1N=NN(CC(=O)Nc3nccs3)C(=O)[C@@H]21. The lowest BCUT2D eigenvalue weighted by Gasteiger charge is -2.35. The first-order valence-electron chi connectivity index (χ1n) is 8.43. The smallest absolute Gasteiger partial charge is 0.254 e. The molecule has 10 heteroatoms. The molecule has 4 rings (SSSR count). The number of aromatic nitrogens is 1. The molecule has 0 aliphatic carbocycles. The molecule has 138 valence electrons. The van der Waals surface area contributed by atoms with Crippen LogP contribution < -0.4 is 5.32 Å². The summed E-state index contributed by atoms with van der Waals surface area (Å²) in [4.78, 5) is 30.3. The first kappa shape index (κ1) is 17.6. The predicted octanol–water partition coefficient (Wildman–Crippen LogP) is 2.82. The fraction of sp³-hybridized carbons (Fsp3) is 0.562. The quantitative estimate of drug-likeness (QED) is 0.848. The van der Waals surface area contributed by atoms with Gasteiger partial charge in [0.2, 0.25) is 5.91 Å². The summed E-state index contributed by atoms with van der Waals surface area (Å²) in [7, 11) is 0. The highest BCUT2D eigenvalue weighted by Gasteiger charge is 2.49. The van der Waals surface area contributed by atoms with Crippen molar-refractivity contribution < 1.29 is 14.3 Å². The highest BCUT2D eigenvalue weighted by atomic mass is 32.2. The number of hydrogen-bond donors (Lipinski definition) is 1. The van der Waals surface area contributed by atoms with E-state index in [2.05, 4.69) is 34.5 Å². The molecule has 8 nitrogen and oxygen atoms in total. The fourth-order valence-corrected chi connectivity index (χ4v) is 5.08. The Balaban J connectivity index is 1.48. The lowest BCUT2D eigenvalue weighted by Crippen LogP contribution is -2.44. The van der Waals surface area contributed by atoms with Crippen molar-refractivity contribution in [1.29, 1.82) is 0 Å². The number of thioether (sulfide) groups is 1. The van der Waals surface area contributed by atoms with E-state index < -0.39 is 0 Å². The van der Waals surface area contributed by atoms with Crippen molar-refractivity contribution in [3.8, 4) is 0 Å². The van der Waals surface area contributed by atoms with Gasteiger partial charge in [0.1, 0.15) is 11.9 Å². The molecule has 3 aliphatic rings. The van der Waals surface area contributed by atoms with Gasteiger partial charge < -0.3 is 10.1 Å². The number of thiazole rings is 1. The van der Waals surface area contributed by atoms with E-state index in [0.717, 1.165) is 16.9 Å². The van der Waals surface area contributed by atoms with Crippen LogP contribution in [-0.2, 0) is 14.3 Å². The van der Waals surface area contributed by atoms with Gasteiger partial charge in [0.05, 0.1) is 18.1 Å². The molecule has 0 saturated heterocycles. The predicted molar refractivity (Wildman–Crippen MR) is 98.5 cm³/mol. The first-order valence-corrected chi connectivity index (χ1v) is 10.2. The topological polar surface area (TPSA) is 96.2 Å². The first-order chi connectivity index (χ1) is 12.5. The van der Waals surface area contributed by atoms with E-state index in [9.17, 15) is 9.59 Å². The summed E-state index contributed by atoms with van der Waals surface area (Å²) in [6.07, 6.45) is 3.20. The van der Waals surface area contributed by atoms with Crippen LogP contribution in [0.4, 0.5) is 5.13 Å². The second-order valence-electron chi connectivity index (χ2n) is 6.69. The van der Waals surface area contributed by atoms with Gasteiger partial charge in [-0.15, -0.1) is 11.3 Å². The van der Waals surface area contributed by atoms with Gasteiger partial charge in [-0.2, -0.15) is 5.11 Å². The van der Waals surface area contributed by atoms with Gasteiger partial charge in [-0.05, 0) is 25.3 Å². The van der Waals surface area contributed by atoms with E-state index >= 15 is 0 Å². The second-order valence-corrected chi connectivity index (χ2v) is 8.80. The molecule has 0 unspecified atom stereocenters. The van der Waals surface area contributed by atoms with E-state index in [1.54, 1.807) is 23.3 Å². The van der Waals surface area contributed by atoms with Crippen LogP contribution >= 0.6 is 23.1 Å². The minimum Gasteiger partial charge on any atom is -0.370 e. The van der Waals surface area contributed by atoms with Crippen LogP contribution in [0.1, 0.15) is 26.7 Å². The zero-order valence-electron chi connectivity index (χ0n) is 14.5. The van der Waals surface area contributed by atoms with Crippen LogP contribution in [0, 0.1) is 5.92 Å². The van der Waals surface area contributed by atoms with Crippen molar-refractivity contribution in [3.05, 3.63) is 22.1 Å². The summed E-state index contributed by atoms with van der Waals surface area (Å²) < 4.78 is 5.97. The fourth-order valence-electron chi connectivity index (χ4n) is 3.26. The number of fused-ring (bicyclic) bond motifs is 2. The van der Waals surface area contributed by atoms with Crippen LogP contribution in [0.25, 0.3) is 0 Å². The van der Waals surface area contributed by atoms with E-state index in [1.807, 2.05) is 0 Å². The number of nitrogens with one attached hydrogen (secondary N) is 1. The zero-order chi connectivity index (χ0) is 18.3. The van der Waals surface area contributed by atoms with Crippen molar-refractivity contribution in [3.63, 3.8) is 0 Å². The Labute approximate surface area is 159 Å². The van der Waals surface area contributed by atoms with Gasteiger partial charge in [-0.1, -0.05) is 23.9 Å². The van der Waals surface area contributed by atoms with Gasteiger partial charge in [0, 0.05) is 16.5 Å². The maximum Gasteiger partial charge on any atom is 0.254 e. The number of amides is 2. The van der Waals surface area contributed by atoms with Crippen molar-refractivity contribution in [2.24, 2.45) is 16.3 Å². The van der Waals surface area contributed by atoms with Gasteiger partial charge >= 0.3 is 0 Å². The Kier molecular flexibility index (Phi) is 4.57. The van der Waals surface area contributed by atoms with E-state index in [1.165, 1.54) is 16.3 Å². The summed E-state index contributed by atoms with van der Waals surface area (Å²) in [6.45, 7) is 4.51. The molecule has 1 aromatic rings. The molecule has 4 heterocycles. The standard InChI is InChI=1S/C16H19N5O3S2/c1-3-16(2)6-9-10(8-24-16)26-13-12(9)14(23)21(20-19-13)7-11(22)18-15-17-4-5-25-15/h4-5,12-13H,3,6-8H2,1-2H3,(H,17,18,22)/t12-,13+,16+/m0/s1. The minimum absolute atomic E-state index is 0.167. The lowest BCUT2D eigenvalue weighted by molar-refractivity contribution is -0.139. The van der Waals surface area contributed by atoms with Gasteiger partial charge in [0.25, 0.3) is 5.91 Å². The number of carbonyl (C=O) groups is 2. The average molecular weight is 393 g/mol. The third-order valence-electron chi connectivity index (χ3n) is 4.91. The third-order valence-corrected chi connectivity index (χ3v) is 6.87. The molecular formula is C16H19N5O3S2. The minimum atomic E-state index is -0.352. The third kappa shape index (κ3) is 3.17. The average Bonchev–Trinajstić information content (AvgIpc) is 3.24. The molecule has 1 N–H and O–H groups in total. The molecule has 0 radical (unpaired) electrons. The van der Waals surface area contributed by atoms with E-state index in [-0.39, 0.29) is 35.3 Å².